The number of rotatable bonds is 10. The number of Topliss-reactive ketones (excluding diaryl/α,β-unsaturated/α-hetero) is 1. The lowest BCUT2D eigenvalue weighted by molar-refractivity contribution is -0.110. The molecule has 0 atom stereocenters. The number of unbranched alkanes of at least 4 members (excludes halogenated alkanes) is 1. The van der Waals surface area contributed by atoms with Crippen LogP contribution in [-0.2, 0) is 11.2 Å². The Balaban J connectivity index is 3.04. The van der Waals surface area contributed by atoms with Crippen molar-refractivity contribution < 1.29 is 22.8 Å². The highest BCUT2D eigenvalue weighted by molar-refractivity contribution is 6.42. The number of aliphatic imine (C=N–C) groups is 2. The molecule has 0 unspecified atom stereocenters. The Morgan fingerprint density at radius 1 is 1.15 bits per heavy atom. The van der Waals surface area contributed by atoms with Gasteiger partial charge in [-0.3, -0.25) is 19.6 Å². The number of alkyl halides is 3. The molecule has 180 valence electrons. The number of allylic oxidation sites excluding steroid dienone is 3. The van der Waals surface area contributed by atoms with Crippen LogP contribution in [0.5, 0.6) is 0 Å². The second-order valence-electron chi connectivity index (χ2n) is 7.51. The number of carbonyl (C=O) groups is 2. The summed E-state index contributed by atoms with van der Waals surface area (Å²) in [6.45, 7) is 8.39. The van der Waals surface area contributed by atoms with E-state index >= 15 is 0 Å². The first-order valence-corrected chi connectivity index (χ1v) is 10.9. The number of hydrogen-bond acceptors (Lipinski definition) is 4. The van der Waals surface area contributed by atoms with Gasteiger partial charge in [0.25, 0.3) is 5.91 Å². The Hall–Kier alpha value is -3.03. The minimum atomic E-state index is -4.59. The van der Waals surface area contributed by atoms with Crippen molar-refractivity contribution in [2.45, 2.75) is 66.5 Å². The fourth-order valence-corrected chi connectivity index (χ4v) is 3.20. The van der Waals surface area contributed by atoms with Crippen molar-refractivity contribution >= 4 is 28.8 Å². The highest BCUT2D eigenvalue weighted by Gasteiger charge is 2.37. The van der Waals surface area contributed by atoms with E-state index in [0.29, 0.717) is 24.1 Å². The molecule has 0 radical (unpaired) electrons. The van der Waals surface area contributed by atoms with Gasteiger partial charge in [-0.15, -0.1) is 0 Å². The van der Waals surface area contributed by atoms with E-state index in [1.54, 1.807) is 18.2 Å². The van der Waals surface area contributed by atoms with Gasteiger partial charge in [0.2, 0.25) is 0 Å². The maximum Gasteiger partial charge on any atom is 0.433 e. The number of aryl methyl sites for hydroxylation is 1. The van der Waals surface area contributed by atoms with Crippen LogP contribution in [0.1, 0.15) is 69.8 Å². The van der Waals surface area contributed by atoms with E-state index in [-0.39, 0.29) is 22.6 Å². The zero-order chi connectivity index (χ0) is 25.2. The largest absolute Gasteiger partial charge is 0.433 e. The molecule has 0 saturated carbocycles. The number of benzene rings is 1. The van der Waals surface area contributed by atoms with Crippen LogP contribution in [-0.4, -0.2) is 36.3 Å². The van der Waals surface area contributed by atoms with Gasteiger partial charge in [0.15, 0.2) is 5.78 Å². The molecule has 0 aliphatic rings. The molecule has 0 aliphatic carbocycles. The summed E-state index contributed by atoms with van der Waals surface area (Å²) in [6.07, 6.45) is 0.816. The summed E-state index contributed by atoms with van der Waals surface area (Å²) in [6, 6.07) is 5.14. The third-order valence-corrected chi connectivity index (χ3v) is 5.04. The summed E-state index contributed by atoms with van der Waals surface area (Å²) in [4.78, 5) is 32.3. The molecule has 1 aromatic rings. The standard InChI is InChI=1S/C25H32F3N3O2/c1-7-10-11-22(32)21-13-12-19(14-18(21)8-2)31-24(33)17(5)30-15-16(4)20(9-3)23(29-6)25(26,27)28/h9,12-15H,7-8,10-11H2,1-6H3,(H,31,33)/b16-15+,20-9-,29-23?,30-17?. The van der Waals surface area contributed by atoms with Crippen molar-refractivity contribution in [2.75, 3.05) is 12.4 Å². The Kier molecular flexibility index (Phi) is 10.9. The van der Waals surface area contributed by atoms with Gasteiger partial charge in [-0.1, -0.05) is 26.3 Å². The average Bonchev–Trinajstić information content (AvgIpc) is 2.77. The molecule has 1 amide bonds. The maximum absolute atomic E-state index is 13.2. The molecule has 0 bridgehead atoms. The van der Waals surface area contributed by atoms with Crippen LogP contribution >= 0.6 is 0 Å². The summed E-state index contributed by atoms with van der Waals surface area (Å²) in [7, 11) is 1.08. The van der Waals surface area contributed by atoms with E-state index in [0.717, 1.165) is 25.5 Å². The van der Waals surface area contributed by atoms with Crippen molar-refractivity contribution in [3.05, 3.63) is 52.7 Å². The van der Waals surface area contributed by atoms with E-state index in [1.165, 1.54) is 33.0 Å². The van der Waals surface area contributed by atoms with Crippen molar-refractivity contribution in [3.8, 4) is 0 Å². The van der Waals surface area contributed by atoms with Crippen LogP contribution in [0.2, 0.25) is 0 Å². The monoisotopic (exact) mass is 463 g/mol. The molecule has 1 aromatic carbocycles. The lowest BCUT2D eigenvalue weighted by atomic mass is 9.98. The van der Waals surface area contributed by atoms with Crippen molar-refractivity contribution in [1.29, 1.82) is 0 Å². The Labute approximate surface area is 193 Å². The van der Waals surface area contributed by atoms with Crippen LogP contribution < -0.4 is 5.32 Å². The van der Waals surface area contributed by atoms with Crippen molar-refractivity contribution in [1.82, 2.24) is 0 Å². The summed E-state index contributed by atoms with van der Waals surface area (Å²) in [5.41, 5.74) is 1.22. The summed E-state index contributed by atoms with van der Waals surface area (Å²) in [5.74, 6) is -0.410. The third-order valence-electron chi connectivity index (χ3n) is 5.04. The molecule has 0 aromatic heterocycles. The van der Waals surface area contributed by atoms with Gasteiger partial charge >= 0.3 is 6.18 Å². The molecule has 33 heavy (non-hydrogen) atoms. The fraction of sp³-hybridized carbons (Fsp3) is 0.440. The molecule has 0 saturated heterocycles. The highest BCUT2D eigenvalue weighted by Crippen LogP contribution is 2.26. The van der Waals surface area contributed by atoms with E-state index < -0.39 is 17.8 Å². The van der Waals surface area contributed by atoms with Gasteiger partial charge in [-0.05, 0) is 62.9 Å². The lowest BCUT2D eigenvalue weighted by Gasteiger charge is -2.13. The summed E-state index contributed by atoms with van der Waals surface area (Å²) >= 11 is 0. The van der Waals surface area contributed by atoms with E-state index in [9.17, 15) is 22.8 Å². The summed E-state index contributed by atoms with van der Waals surface area (Å²) < 4.78 is 39.5. The van der Waals surface area contributed by atoms with Gasteiger partial charge in [0.1, 0.15) is 11.4 Å². The quantitative estimate of drug-likeness (QED) is 0.244. The zero-order valence-corrected chi connectivity index (χ0v) is 20.1. The van der Waals surface area contributed by atoms with E-state index in [2.05, 4.69) is 15.3 Å². The number of nitrogens with one attached hydrogen (secondary N) is 1. The molecule has 1 N–H and O–H groups in total. The van der Waals surface area contributed by atoms with Crippen LogP contribution in [0, 0.1) is 0 Å². The molecule has 0 fully saturated rings. The molecule has 1 rings (SSSR count). The molecule has 8 heteroatoms. The number of carbonyl (C=O) groups excluding carboxylic acids is 2. The third kappa shape index (κ3) is 8.11. The van der Waals surface area contributed by atoms with E-state index in [1.807, 2.05) is 13.8 Å². The van der Waals surface area contributed by atoms with Gasteiger partial charge < -0.3 is 5.32 Å². The van der Waals surface area contributed by atoms with Crippen LogP contribution in [0.15, 0.2) is 51.6 Å². The SMILES string of the molecule is C/C=C(C(=NC)C(F)(F)F)/C(C)=C/N=C(C)C(=O)Nc1ccc(C(=O)CCCC)c(CC)c1. The highest BCUT2D eigenvalue weighted by atomic mass is 19.4. The first-order valence-electron chi connectivity index (χ1n) is 10.9. The number of ketones is 1. The Morgan fingerprint density at radius 3 is 2.33 bits per heavy atom. The predicted molar refractivity (Wildman–Crippen MR) is 128 cm³/mol. The normalized spacial score (nSPS) is 13.8. The minimum absolute atomic E-state index is 0.0768. The Morgan fingerprint density at radius 2 is 1.82 bits per heavy atom. The molecule has 0 aliphatic heterocycles. The van der Waals surface area contributed by atoms with Gasteiger partial charge in [0, 0.05) is 36.5 Å². The van der Waals surface area contributed by atoms with Crippen LogP contribution in [0.25, 0.3) is 0 Å². The van der Waals surface area contributed by atoms with Crippen LogP contribution in [0.4, 0.5) is 18.9 Å². The van der Waals surface area contributed by atoms with Gasteiger partial charge in [-0.25, -0.2) is 0 Å². The number of anilines is 1. The molecular weight excluding hydrogens is 431 g/mol. The first kappa shape index (κ1) is 28.0. The molecule has 5 nitrogen and oxygen atoms in total. The molecule has 0 spiro atoms. The van der Waals surface area contributed by atoms with E-state index in [4.69, 9.17) is 0 Å². The number of nitrogens with zero attached hydrogens (tertiary/aromatic N) is 2. The van der Waals surface area contributed by atoms with Crippen LogP contribution in [0.3, 0.4) is 0 Å². The number of halogens is 3. The van der Waals surface area contributed by atoms with Crippen molar-refractivity contribution in [3.63, 3.8) is 0 Å². The second kappa shape index (κ2) is 12.9. The fourth-order valence-electron chi connectivity index (χ4n) is 3.20. The summed E-state index contributed by atoms with van der Waals surface area (Å²) in [5, 5.41) is 2.72. The smallest absolute Gasteiger partial charge is 0.321 e. The van der Waals surface area contributed by atoms with Crippen molar-refractivity contribution in [2.24, 2.45) is 9.98 Å². The second-order valence-corrected chi connectivity index (χ2v) is 7.51. The first-order chi connectivity index (χ1) is 15.5. The number of amides is 1. The molecule has 0 heterocycles. The van der Waals surface area contributed by atoms with Gasteiger partial charge in [0.05, 0.1) is 0 Å². The zero-order valence-electron chi connectivity index (χ0n) is 20.1. The lowest BCUT2D eigenvalue weighted by Crippen LogP contribution is -2.25. The maximum atomic E-state index is 13.2. The topological polar surface area (TPSA) is 70.9 Å². The average molecular weight is 464 g/mol. The minimum Gasteiger partial charge on any atom is -0.321 e. The predicted octanol–water partition coefficient (Wildman–Crippen LogP) is 6.50. The molecular formula is C25H32F3N3O2. The number of hydrogen-bond donors (Lipinski definition) is 1. The Bertz CT molecular complexity index is 987. The van der Waals surface area contributed by atoms with Gasteiger partial charge in [-0.2, -0.15) is 13.2 Å².